The molecule has 3 nitrogen and oxygen atoms in total. The minimum absolute atomic E-state index is 0. The van der Waals surface area contributed by atoms with Gasteiger partial charge in [-0.05, 0) is 36.2 Å². The second-order valence-electron chi connectivity index (χ2n) is 6.99. The number of rotatable bonds is 5. The van der Waals surface area contributed by atoms with Crippen LogP contribution in [0.15, 0.2) is 30.3 Å². The summed E-state index contributed by atoms with van der Waals surface area (Å²) in [5.74, 6) is 1.70. The largest absolute Gasteiger partial charge is 0.341 e. The van der Waals surface area contributed by atoms with E-state index in [9.17, 15) is 4.79 Å². The zero-order valence-corrected chi connectivity index (χ0v) is 15.4. The molecule has 130 valence electrons. The van der Waals surface area contributed by atoms with Crippen molar-refractivity contribution in [2.45, 2.75) is 52.0 Å². The summed E-state index contributed by atoms with van der Waals surface area (Å²) in [7, 11) is 0. The quantitative estimate of drug-likeness (QED) is 0.887. The summed E-state index contributed by atoms with van der Waals surface area (Å²) in [5.41, 5.74) is 7.50. The van der Waals surface area contributed by atoms with E-state index >= 15 is 0 Å². The van der Waals surface area contributed by atoms with E-state index < -0.39 is 0 Å². The van der Waals surface area contributed by atoms with E-state index in [4.69, 9.17) is 5.73 Å². The first-order chi connectivity index (χ1) is 10.5. The number of nitrogens with two attached hydrogens (primary N) is 1. The predicted molar refractivity (Wildman–Crippen MR) is 98.8 cm³/mol. The zero-order chi connectivity index (χ0) is 16.1. The van der Waals surface area contributed by atoms with Crippen LogP contribution in [0.5, 0.6) is 0 Å². The molecule has 1 aliphatic heterocycles. The SMILES string of the molecule is CCC1CN(C(=O)[C@@H](N)CC(C)C)CCC1c1ccccc1.Cl. The molecule has 0 radical (unpaired) electrons. The van der Waals surface area contributed by atoms with E-state index in [1.54, 1.807) is 0 Å². The Kier molecular flexibility index (Phi) is 8.07. The molecule has 1 aliphatic rings. The van der Waals surface area contributed by atoms with Crippen molar-refractivity contribution in [3.05, 3.63) is 35.9 Å². The van der Waals surface area contributed by atoms with E-state index in [1.165, 1.54) is 5.56 Å². The third-order valence-corrected chi connectivity index (χ3v) is 4.84. The monoisotopic (exact) mass is 338 g/mol. The number of amides is 1. The Morgan fingerprint density at radius 3 is 2.52 bits per heavy atom. The molecular formula is C19H31ClN2O. The Bertz CT molecular complexity index is 478. The smallest absolute Gasteiger partial charge is 0.239 e. The van der Waals surface area contributed by atoms with Gasteiger partial charge in [-0.2, -0.15) is 0 Å². The van der Waals surface area contributed by atoms with Gasteiger partial charge in [0, 0.05) is 13.1 Å². The summed E-state index contributed by atoms with van der Waals surface area (Å²) in [6.45, 7) is 8.14. The fourth-order valence-corrected chi connectivity index (χ4v) is 3.63. The number of piperidine rings is 1. The maximum atomic E-state index is 12.5. The molecule has 0 aromatic heterocycles. The normalized spacial score (nSPS) is 22.6. The minimum atomic E-state index is -0.342. The van der Waals surface area contributed by atoms with Crippen molar-refractivity contribution in [3.8, 4) is 0 Å². The molecular weight excluding hydrogens is 308 g/mol. The van der Waals surface area contributed by atoms with Crippen LogP contribution < -0.4 is 5.73 Å². The molecule has 0 aliphatic carbocycles. The van der Waals surface area contributed by atoms with Crippen molar-refractivity contribution >= 4 is 18.3 Å². The summed E-state index contributed by atoms with van der Waals surface area (Å²) < 4.78 is 0. The van der Waals surface area contributed by atoms with Gasteiger partial charge >= 0.3 is 0 Å². The van der Waals surface area contributed by atoms with Crippen molar-refractivity contribution in [3.63, 3.8) is 0 Å². The molecule has 0 bridgehead atoms. The average Bonchev–Trinajstić information content (AvgIpc) is 2.53. The number of nitrogens with zero attached hydrogens (tertiary/aromatic N) is 1. The van der Waals surface area contributed by atoms with Crippen molar-refractivity contribution in [1.29, 1.82) is 0 Å². The van der Waals surface area contributed by atoms with E-state index in [2.05, 4.69) is 51.1 Å². The lowest BCUT2D eigenvalue weighted by atomic mass is 9.79. The van der Waals surface area contributed by atoms with Crippen LogP contribution in [0.2, 0.25) is 0 Å². The number of hydrogen-bond donors (Lipinski definition) is 1. The number of benzene rings is 1. The summed E-state index contributed by atoms with van der Waals surface area (Å²) >= 11 is 0. The van der Waals surface area contributed by atoms with E-state index in [1.807, 2.05) is 4.90 Å². The second kappa shape index (κ2) is 9.29. The van der Waals surface area contributed by atoms with Gasteiger partial charge in [-0.25, -0.2) is 0 Å². The summed E-state index contributed by atoms with van der Waals surface area (Å²) in [6, 6.07) is 10.4. The van der Waals surface area contributed by atoms with Gasteiger partial charge in [-0.15, -0.1) is 12.4 Å². The highest BCUT2D eigenvalue weighted by Gasteiger charge is 2.32. The molecule has 1 aromatic carbocycles. The molecule has 1 amide bonds. The first-order valence-electron chi connectivity index (χ1n) is 8.62. The van der Waals surface area contributed by atoms with Crippen LogP contribution in [0.25, 0.3) is 0 Å². The third kappa shape index (κ3) is 5.22. The predicted octanol–water partition coefficient (Wildman–Crippen LogP) is 3.82. The lowest BCUT2D eigenvalue weighted by molar-refractivity contribution is -0.135. The van der Waals surface area contributed by atoms with E-state index in [0.717, 1.165) is 32.4 Å². The Balaban J connectivity index is 0.00000264. The number of hydrogen-bond acceptors (Lipinski definition) is 2. The lowest BCUT2D eigenvalue weighted by Crippen LogP contribution is -2.49. The van der Waals surface area contributed by atoms with Gasteiger partial charge < -0.3 is 10.6 Å². The molecule has 1 heterocycles. The fourth-order valence-electron chi connectivity index (χ4n) is 3.63. The Morgan fingerprint density at radius 1 is 1.30 bits per heavy atom. The van der Waals surface area contributed by atoms with Crippen LogP contribution in [-0.2, 0) is 4.79 Å². The first-order valence-corrected chi connectivity index (χ1v) is 8.62. The number of halogens is 1. The Morgan fingerprint density at radius 2 is 1.96 bits per heavy atom. The molecule has 3 atom stereocenters. The number of likely N-dealkylation sites (tertiary alicyclic amines) is 1. The van der Waals surface area contributed by atoms with Crippen molar-refractivity contribution in [1.82, 2.24) is 4.90 Å². The maximum absolute atomic E-state index is 12.5. The molecule has 0 saturated carbocycles. The number of carbonyl (C=O) groups is 1. The first kappa shape index (κ1) is 20.0. The van der Waals surface area contributed by atoms with Crippen LogP contribution >= 0.6 is 12.4 Å². The van der Waals surface area contributed by atoms with Gasteiger partial charge in [0.2, 0.25) is 5.91 Å². The molecule has 1 fully saturated rings. The summed E-state index contributed by atoms with van der Waals surface area (Å²) in [6.07, 6.45) is 2.92. The Hall–Kier alpha value is -1.06. The molecule has 4 heteroatoms. The average molecular weight is 339 g/mol. The molecule has 2 rings (SSSR count). The fraction of sp³-hybridized carbons (Fsp3) is 0.632. The Labute approximate surface area is 147 Å². The van der Waals surface area contributed by atoms with Gasteiger partial charge in [0.05, 0.1) is 6.04 Å². The summed E-state index contributed by atoms with van der Waals surface area (Å²) in [4.78, 5) is 14.5. The second-order valence-corrected chi connectivity index (χ2v) is 6.99. The van der Waals surface area contributed by atoms with Gasteiger partial charge in [0.25, 0.3) is 0 Å². The van der Waals surface area contributed by atoms with Crippen molar-refractivity contribution in [2.24, 2.45) is 17.6 Å². The van der Waals surface area contributed by atoms with Crippen LogP contribution in [0.1, 0.15) is 51.5 Å². The highest BCUT2D eigenvalue weighted by molar-refractivity contribution is 5.85. The van der Waals surface area contributed by atoms with E-state index in [0.29, 0.717) is 17.8 Å². The van der Waals surface area contributed by atoms with Crippen LogP contribution in [0, 0.1) is 11.8 Å². The maximum Gasteiger partial charge on any atom is 0.239 e. The highest BCUT2D eigenvalue weighted by atomic mass is 35.5. The molecule has 2 unspecified atom stereocenters. The van der Waals surface area contributed by atoms with Gasteiger partial charge in [-0.3, -0.25) is 4.79 Å². The molecule has 2 N–H and O–H groups in total. The lowest BCUT2D eigenvalue weighted by Gasteiger charge is -2.39. The molecule has 1 aromatic rings. The molecule has 23 heavy (non-hydrogen) atoms. The van der Waals surface area contributed by atoms with E-state index in [-0.39, 0.29) is 24.4 Å². The molecule has 1 saturated heterocycles. The third-order valence-electron chi connectivity index (χ3n) is 4.84. The topological polar surface area (TPSA) is 46.3 Å². The standard InChI is InChI=1S/C19H30N2O.ClH/c1-4-15-13-21(19(22)18(20)12-14(2)3)11-10-17(15)16-8-6-5-7-9-16;/h5-9,14-15,17-18H,4,10-13,20H2,1-3H3;1H/t15?,17?,18-;/m0./s1. The zero-order valence-electron chi connectivity index (χ0n) is 14.6. The minimum Gasteiger partial charge on any atom is -0.341 e. The van der Waals surface area contributed by atoms with Gasteiger partial charge in [0.1, 0.15) is 0 Å². The van der Waals surface area contributed by atoms with Crippen LogP contribution in [-0.4, -0.2) is 29.9 Å². The molecule has 0 spiro atoms. The highest BCUT2D eigenvalue weighted by Crippen LogP contribution is 2.35. The van der Waals surface area contributed by atoms with Crippen LogP contribution in [0.4, 0.5) is 0 Å². The van der Waals surface area contributed by atoms with Crippen molar-refractivity contribution < 1.29 is 4.79 Å². The summed E-state index contributed by atoms with van der Waals surface area (Å²) in [5, 5.41) is 0. The number of carbonyl (C=O) groups excluding carboxylic acids is 1. The van der Waals surface area contributed by atoms with Gasteiger partial charge in [-0.1, -0.05) is 57.5 Å². The van der Waals surface area contributed by atoms with Gasteiger partial charge in [0.15, 0.2) is 0 Å². The van der Waals surface area contributed by atoms with Crippen LogP contribution in [0.3, 0.4) is 0 Å². The van der Waals surface area contributed by atoms with Crippen molar-refractivity contribution in [2.75, 3.05) is 13.1 Å².